The maximum absolute atomic E-state index is 14.1. The Bertz CT molecular complexity index is 1400. The molecule has 0 amide bonds. The summed E-state index contributed by atoms with van der Waals surface area (Å²) in [6.07, 6.45) is 4.06. The number of anilines is 2. The van der Waals surface area contributed by atoms with Crippen molar-refractivity contribution in [2.24, 2.45) is 0 Å². The van der Waals surface area contributed by atoms with E-state index in [4.69, 9.17) is 0 Å². The Kier molecular flexibility index (Phi) is 6.96. The van der Waals surface area contributed by atoms with Crippen molar-refractivity contribution in [1.82, 2.24) is 14.3 Å². The number of nitrogens with zero attached hydrogens (tertiary/aromatic N) is 2. The zero-order valence-electron chi connectivity index (χ0n) is 16.9. The van der Waals surface area contributed by atoms with Gasteiger partial charge in [-0.25, -0.2) is 30.0 Å². The molecule has 0 unspecified atom stereocenters. The van der Waals surface area contributed by atoms with Crippen molar-refractivity contribution in [3.8, 4) is 0 Å². The topological polar surface area (TPSA) is 76.0 Å². The molecule has 0 aliphatic rings. The van der Waals surface area contributed by atoms with Gasteiger partial charge in [-0.05, 0) is 36.9 Å². The van der Waals surface area contributed by atoms with Gasteiger partial charge in [0.15, 0.2) is 23.3 Å². The minimum atomic E-state index is -4.05. The fourth-order valence-electron chi connectivity index (χ4n) is 3.31. The number of aromatic nitrogens is 2. The molecule has 2 aromatic carbocycles. The molecule has 4 aromatic rings. The third-order valence-corrected chi connectivity index (χ3v) is 6.45. The molecule has 0 spiro atoms. The number of hydrogen-bond donors (Lipinski definition) is 2. The van der Waals surface area contributed by atoms with Gasteiger partial charge >= 0.3 is 0 Å². The standard InChI is InChI=1S/C21H16F4N4O2S.ClH/c1-26-9-12-11-29(32(30,31)14-3-2-6-27-10-14)18-7-13(4-5-15(12)18)28-21-19(24)16(22)8-17(23)20(21)25;/h2-8,10-11,26,28H,9H2,1H3;1H. The van der Waals surface area contributed by atoms with Crippen molar-refractivity contribution < 1.29 is 26.0 Å². The Morgan fingerprint density at radius 1 is 1.03 bits per heavy atom. The van der Waals surface area contributed by atoms with E-state index in [2.05, 4.69) is 15.6 Å². The van der Waals surface area contributed by atoms with Crippen LogP contribution in [0.3, 0.4) is 0 Å². The molecule has 0 bridgehead atoms. The molecule has 2 heterocycles. The molecule has 0 aliphatic carbocycles. The van der Waals surface area contributed by atoms with Gasteiger partial charge < -0.3 is 10.6 Å². The van der Waals surface area contributed by atoms with E-state index in [0.717, 1.165) is 3.97 Å². The Hall–Kier alpha value is -3.15. The number of pyridine rings is 1. The lowest BCUT2D eigenvalue weighted by molar-refractivity contribution is 0.459. The lowest BCUT2D eigenvalue weighted by Crippen LogP contribution is -2.12. The van der Waals surface area contributed by atoms with Gasteiger partial charge in [0.1, 0.15) is 10.6 Å². The van der Waals surface area contributed by atoms with E-state index in [0.29, 0.717) is 17.5 Å². The molecular formula is C21H17ClF4N4O2S. The summed E-state index contributed by atoms with van der Waals surface area (Å²) < 4.78 is 82.7. The molecule has 0 radical (unpaired) electrons. The Morgan fingerprint density at radius 2 is 1.73 bits per heavy atom. The van der Waals surface area contributed by atoms with Crippen LogP contribution in [0.15, 0.2) is 59.9 Å². The summed E-state index contributed by atoms with van der Waals surface area (Å²) in [7, 11) is -2.36. The van der Waals surface area contributed by atoms with E-state index in [-0.39, 0.29) is 34.6 Å². The van der Waals surface area contributed by atoms with E-state index < -0.39 is 39.0 Å². The minimum absolute atomic E-state index is 0. The van der Waals surface area contributed by atoms with Crippen molar-refractivity contribution in [2.45, 2.75) is 11.4 Å². The van der Waals surface area contributed by atoms with Gasteiger partial charge in [0.2, 0.25) is 0 Å². The highest BCUT2D eigenvalue weighted by molar-refractivity contribution is 7.90. The van der Waals surface area contributed by atoms with Gasteiger partial charge in [-0.1, -0.05) is 6.07 Å². The van der Waals surface area contributed by atoms with Crippen LogP contribution >= 0.6 is 12.4 Å². The van der Waals surface area contributed by atoms with E-state index in [1.807, 2.05) is 0 Å². The second-order valence-electron chi connectivity index (χ2n) is 6.87. The summed E-state index contributed by atoms with van der Waals surface area (Å²) in [6, 6.07) is 7.26. The third kappa shape index (κ3) is 4.39. The van der Waals surface area contributed by atoms with E-state index in [1.165, 1.54) is 42.9 Å². The average molecular weight is 501 g/mol. The molecule has 4 rings (SSSR count). The Balaban J connectivity index is 0.00000306. The first-order valence-corrected chi connectivity index (χ1v) is 10.7. The molecule has 0 aliphatic heterocycles. The van der Waals surface area contributed by atoms with Crippen molar-refractivity contribution in [3.63, 3.8) is 0 Å². The van der Waals surface area contributed by atoms with Crippen LogP contribution in [-0.2, 0) is 16.6 Å². The van der Waals surface area contributed by atoms with Gasteiger partial charge in [-0.15, -0.1) is 12.4 Å². The van der Waals surface area contributed by atoms with Crippen LogP contribution in [0.4, 0.5) is 28.9 Å². The van der Waals surface area contributed by atoms with Crippen LogP contribution < -0.4 is 10.6 Å². The lowest BCUT2D eigenvalue weighted by Gasteiger charge is -2.12. The van der Waals surface area contributed by atoms with Crippen LogP contribution in [0.25, 0.3) is 10.9 Å². The smallest absolute Gasteiger partial charge is 0.269 e. The van der Waals surface area contributed by atoms with Gasteiger partial charge in [0.05, 0.1) is 5.52 Å². The molecular weight excluding hydrogens is 484 g/mol. The van der Waals surface area contributed by atoms with Crippen molar-refractivity contribution >= 4 is 44.7 Å². The zero-order chi connectivity index (χ0) is 23.0. The van der Waals surface area contributed by atoms with Gasteiger partial charge in [0.25, 0.3) is 10.0 Å². The summed E-state index contributed by atoms with van der Waals surface area (Å²) in [4.78, 5) is 3.78. The summed E-state index contributed by atoms with van der Waals surface area (Å²) in [5.41, 5.74) is -0.153. The summed E-state index contributed by atoms with van der Waals surface area (Å²) in [5.74, 6) is -6.32. The molecule has 33 heavy (non-hydrogen) atoms. The van der Waals surface area contributed by atoms with Crippen LogP contribution in [0.2, 0.25) is 0 Å². The highest BCUT2D eigenvalue weighted by Gasteiger charge is 2.23. The molecule has 2 aromatic heterocycles. The van der Waals surface area contributed by atoms with Gasteiger partial charge in [0, 0.05) is 42.3 Å². The highest BCUT2D eigenvalue weighted by Crippen LogP contribution is 2.32. The van der Waals surface area contributed by atoms with Crippen LogP contribution in [0, 0.1) is 23.3 Å². The summed E-state index contributed by atoms with van der Waals surface area (Å²) >= 11 is 0. The molecule has 174 valence electrons. The van der Waals surface area contributed by atoms with Crippen molar-refractivity contribution in [3.05, 3.63) is 83.8 Å². The molecule has 0 fully saturated rings. The van der Waals surface area contributed by atoms with E-state index >= 15 is 0 Å². The van der Waals surface area contributed by atoms with Gasteiger partial charge in [-0.2, -0.15) is 0 Å². The second kappa shape index (κ2) is 9.38. The second-order valence-corrected chi connectivity index (χ2v) is 8.69. The molecule has 2 N–H and O–H groups in total. The van der Waals surface area contributed by atoms with Crippen LogP contribution in [0.1, 0.15) is 5.56 Å². The average Bonchev–Trinajstić information content (AvgIpc) is 3.15. The van der Waals surface area contributed by atoms with Crippen LogP contribution in [0.5, 0.6) is 0 Å². The molecule has 6 nitrogen and oxygen atoms in total. The molecule has 0 saturated heterocycles. The maximum Gasteiger partial charge on any atom is 0.269 e. The monoisotopic (exact) mass is 500 g/mol. The predicted molar refractivity (Wildman–Crippen MR) is 118 cm³/mol. The number of benzene rings is 2. The van der Waals surface area contributed by atoms with Crippen molar-refractivity contribution in [1.29, 1.82) is 0 Å². The number of fused-ring (bicyclic) bond motifs is 1. The lowest BCUT2D eigenvalue weighted by atomic mass is 10.1. The quantitative estimate of drug-likeness (QED) is 0.296. The van der Waals surface area contributed by atoms with Crippen molar-refractivity contribution in [2.75, 3.05) is 12.4 Å². The zero-order valence-corrected chi connectivity index (χ0v) is 18.6. The minimum Gasteiger partial charge on any atom is -0.350 e. The van der Waals surface area contributed by atoms with Crippen LogP contribution in [-0.4, -0.2) is 24.4 Å². The molecule has 0 saturated carbocycles. The SMILES string of the molecule is CNCc1cn(S(=O)(=O)c2cccnc2)c2cc(Nc3c(F)c(F)cc(F)c3F)ccc12.Cl. The normalized spacial score (nSPS) is 11.4. The number of hydrogen-bond acceptors (Lipinski definition) is 5. The first kappa shape index (κ1) is 24.5. The largest absolute Gasteiger partial charge is 0.350 e. The molecule has 0 atom stereocenters. The van der Waals surface area contributed by atoms with E-state index in [9.17, 15) is 26.0 Å². The summed E-state index contributed by atoms with van der Waals surface area (Å²) in [5, 5.41) is 5.81. The third-order valence-electron chi connectivity index (χ3n) is 4.79. The first-order valence-electron chi connectivity index (χ1n) is 9.28. The van der Waals surface area contributed by atoms with E-state index in [1.54, 1.807) is 13.1 Å². The predicted octanol–water partition coefficient (Wildman–Crippen LogP) is 4.71. The Morgan fingerprint density at radius 3 is 2.33 bits per heavy atom. The van der Waals surface area contributed by atoms with Gasteiger partial charge in [-0.3, -0.25) is 4.98 Å². The number of rotatable bonds is 6. The molecule has 12 heteroatoms. The Labute approximate surface area is 192 Å². The number of nitrogens with one attached hydrogen (secondary N) is 2. The number of halogens is 5. The highest BCUT2D eigenvalue weighted by atomic mass is 35.5. The fraction of sp³-hybridized carbons (Fsp3) is 0.0952. The first-order chi connectivity index (χ1) is 15.2. The maximum atomic E-state index is 14.1. The summed E-state index contributed by atoms with van der Waals surface area (Å²) in [6.45, 7) is 0.344. The fourth-order valence-corrected chi connectivity index (χ4v) is 4.66.